The van der Waals surface area contributed by atoms with Crippen LogP contribution in [0.25, 0.3) is 0 Å². The van der Waals surface area contributed by atoms with Crippen molar-refractivity contribution >= 4 is 27.6 Å². The van der Waals surface area contributed by atoms with Crippen molar-refractivity contribution < 1.29 is 14.3 Å². The summed E-state index contributed by atoms with van der Waals surface area (Å²) in [4.78, 5) is 27.8. The predicted molar refractivity (Wildman–Crippen MR) is 96.2 cm³/mol. The second-order valence-corrected chi connectivity index (χ2v) is 9.13. The second kappa shape index (κ2) is 6.36. The number of carbonyl (C=O) groups is 2. The van der Waals surface area contributed by atoms with Crippen LogP contribution in [-0.4, -0.2) is 60.8 Å². The third-order valence-electron chi connectivity index (χ3n) is 7.17. The van der Waals surface area contributed by atoms with Gasteiger partial charge in [0, 0.05) is 25.0 Å². The van der Waals surface area contributed by atoms with Crippen molar-refractivity contribution in [1.29, 1.82) is 0 Å². The fourth-order valence-corrected chi connectivity index (χ4v) is 6.46. The molecule has 136 valence electrons. The van der Waals surface area contributed by atoms with Crippen molar-refractivity contribution in [2.24, 2.45) is 16.2 Å². The number of morpholine rings is 1. The zero-order valence-corrected chi connectivity index (χ0v) is 16.6. The summed E-state index contributed by atoms with van der Waals surface area (Å²) in [6.45, 7) is 11.4. The van der Waals surface area contributed by atoms with Crippen LogP contribution >= 0.6 is 15.9 Å². The smallest absolute Gasteiger partial charge is 0.228 e. The van der Waals surface area contributed by atoms with Crippen molar-refractivity contribution in [2.75, 3.05) is 39.4 Å². The largest absolute Gasteiger partial charge is 0.379 e. The number of hydrogen-bond donors (Lipinski definition) is 1. The summed E-state index contributed by atoms with van der Waals surface area (Å²) in [5.74, 6) is 0.244. The molecule has 24 heavy (non-hydrogen) atoms. The number of halogens is 1. The lowest BCUT2D eigenvalue weighted by Gasteiger charge is -2.39. The van der Waals surface area contributed by atoms with Crippen LogP contribution in [0.1, 0.15) is 40.0 Å². The Hall–Kier alpha value is -0.460. The molecule has 1 heterocycles. The minimum Gasteiger partial charge on any atom is -0.379 e. The van der Waals surface area contributed by atoms with E-state index in [2.05, 4.69) is 40.0 Å². The first-order chi connectivity index (χ1) is 11.3. The van der Waals surface area contributed by atoms with E-state index in [0.717, 1.165) is 52.1 Å². The molecule has 3 atom stereocenters. The maximum absolute atomic E-state index is 13.1. The Labute approximate surface area is 153 Å². The number of rotatable bonds is 5. The summed E-state index contributed by atoms with van der Waals surface area (Å²) in [6.07, 6.45) is 2.52. The van der Waals surface area contributed by atoms with E-state index in [1.54, 1.807) is 0 Å². The average Bonchev–Trinajstić information content (AvgIpc) is 2.84. The number of amides is 1. The molecule has 1 saturated heterocycles. The van der Waals surface area contributed by atoms with Crippen molar-refractivity contribution in [3.63, 3.8) is 0 Å². The zero-order chi connectivity index (χ0) is 17.6. The van der Waals surface area contributed by atoms with Crippen LogP contribution < -0.4 is 5.32 Å². The summed E-state index contributed by atoms with van der Waals surface area (Å²) < 4.78 is 5.35. The molecule has 1 aliphatic heterocycles. The highest BCUT2D eigenvalue weighted by Gasteiger charge is 2.76. The third kappa shape index (κ3) is 2.40. The summed E-state index contributed by atoms with van der Waals surface area (Å²) in [7, 11) is 0. The van der Waals surface area contributed by atoms with Gasteiger partial charge in [0.05, 0.1) is 23.5 Å². The lowest BCUT2D eigenvalue weighted by atomic mass is 9.64. The topological polar surface area (TPSA) is 58.6 Å². The normalized spacial score (nSPS) is 38.5. The van der Waals surface area contributed by atoms with Crippen LogP contribution in [0.4, 0.5) is 0 Å². The van der Waals surface area contributed by atoms with E-state index >= 15 is 0 Å². The van der Waals surface area contributed by atoms with Crippen LogP contribution in [0.5, 0.6) is 0 Å². The van der Waals surface area contributed by atoms with Crippen molar-refractivity contribution in [3.05, 3.63) is 0 Å². The molecule has 2 saturated carbocycles. The number of ketones is 1. The minimum absolute atomic E-state index is 0.0472. The molecule has 2 bridgehead atoms. The zero-order valence-electron chi connectivity index (χ0n) is 15.0. The van der Waals surface area contributed by atoms with Crippen LogP contribution in [-0.2, 0) is 14.3 Å². The van der Waals surface area contributed by atoms with Crippen LogP contribution in [0.2, 0.25) is 0 Å². The lowest BCUT2D eigenvalue weighted by molar-refractivity contribution is -0.135. The highest BCUT2D eigenvalue weighted by Crippen LogP contribution is 2.72. The molecule has 1 N–H and O–H groups in total. The Kier molecular flexibility index (Phi) is 4.86. The molecular formula is C18H29BrN2O3. The van der Waals surface area contributed by atoms with Gasteiger partial charge in [-0.05, 0) is 31.2 Å². The van der Waals surface area contributed by atoms with Gasteiger partial charge < -0.3 is 10.1 Å². The molecule has 5 nitrogen and oxygen atoms in total. The van der Waals surface area contributed by atoms with Crippen molar-refractivity contribution in [3.8, 4) is 0 Å². The molecule has 1 amide bonds. The van der Waals surface area contributed by atoms with Gasteiger partial charge in [-0.1, -0.05) is 36.7 Å². The molecule has 0 unspecified atom stereocenters. The molecule has 0 spiro atoms. The SMILES string of the molecule is CC1(C)[C@@]2(C)CC[C@]1(C(=O)NCCCN1CCOCC1)[C@H](Br)C2=O. The van der Waals surface area contributed by atoms with Crippen LogP contribution in [0.15, 0.2) is 0 Å². The van der Waals surface area contributed by atoms with Gasteiger partial charge >= 0.3 is 0 Å². The maximum Gasteiger partial charge on any atom is 0.228 e. The predicted octanol–water partition coefficient (Wildman–Crippen LogP) is 1.98. The Balaban J connectivity index is 1.59. The summed E-state index contributed by atoms with van der Waals surface area (Å²) in [5.41, 5.74) is -1.33. The molecule has 6 heteroatoms. The van der Waals surface area contributed by atoms with E-state index in [4.69, 9.17) is 4.74 Å². The van der Waals surface area contributed by atoms with E-state index in [1.807, 2.05) is 6.92 Å². The van der Waals surface area contributed by atoms with E-state index in [9.17, 15) is 9.59 Å². The van der Waals surface area contributed by atoms with Gasteiger partial charge in [-0.15, -0.1) is 0 Å². The molecule has 3 aliphatic rings. The van der Waals surface area contributed by atoms with Gasteiger partial charge in [0.2, 0.25) is 5.91 Å². The quantitative estimate of drug-likeness (QED) is 0.566. The maximum atomic E-state index is 13.1. The van der Waals surface area contributed by atoms with Crippen LogP contribution in [0.3, 0.4) is 0 Å². The number of Topliss-reactive ketones (excluding diaryl/α,β-unsaturated/α-hetero) is 1. The first kappa shape index (κ1) is 18.3. The molecule has 0 aromatic rings. The van der Waals surface area contributed by atoms with E-state index in [1.165, 1.54) is 0 Å². The Morgan fingerprint density at radius 1 is 1.29 bits per heavy atom. The Morgan fingerprint density at radius 2 is 1.96 bits per heavy atom. The van der Waals surface area contributed by atoms with Crippen LogP contribution in [0, 0.1) is 16.2 Å². The van der Waals surface area contributed by atoms with Gasteiger partial charge in [-0.2, -0.15) is 0 Å². The first-order valence-electron chi connectivity index (χ1n) is 9.04. The monoisotopic (exact) mass is 400 g/mol. The number of alkyl halides is 1. The van der Waals surface area contributed by atoms with Gasteiger partial charge in [0.15, 0.2) is 5.78 Å². The standard InChI is InChI=1S/C18H29BrN2O3/c1-16(2)17(3)5-6-18(16,13(19)14(17)22)15(23)20-7-4-8-21-9-11-24-12-10-21/h13H,4-12H2,1-3H3,(H,20,23)/t13-,17+,18-/m1/s1. The van der Waals surface area contributed by atoms with Crippen molar-refractivity contribution in [2.45, 2.75) is 44.9 Å². The van der Waals surface area contributed by atoms with E-state index in [0.29, 0.717) is 6.54 Å². The van der Waals surface area contributed by atoms with Crippen molar-refractivity contribution in [1.82, 2.24) is 10.2 Å². The first-order valence-corrected chi connectivity index (χ1v) is 9.96. The molecule has 0 aromatic heterocycles. The number of nitrogens with one attached hydrogen (secondary N) is 1. The summed E-state index contributed by atoms with van der Waals surface area (Å²) >= 11 is 3.57. The molecule has 3 rings (SSSR count). The Bertz CT molecular complexity index is 532. The number of ether oxygens (including phenoxy) is 1. The van der Waals surface area contributed by atoms with E-state index < -0.39 is 10.8 Å². The molecule has 3 fully saturated rings. The second-order valence-electron chi connectivity index (χ2n) is 8.22. The number of nitrogens with zero attached hydrogens (tertiary/aromatic N) is 1. The van der Waals surface area contributed by atoms with Gasteiger partial charge in [-0.25, -0.2) is 0 Å². The fraction of sp³-hybridized carbons (Fsp3) is 0.889. The number of carbonyl (C=O) groups excluding carboxylic acids is 2. The molecule has 0 aromatic carbocycles. The number of fused-ring (bicyclic) bond motifs is 2. The lowest BCUT2D eigenvalue weighted by Crippen LogP contribution is -2.51. The molecule has 0 radical (unpaired) electrons. The summed E-state index contributed by atoms with van der Waals surface area (Å²) in [6, 6.07) is 0. The van der Waals surface area contributed by atoms with Gasteiger partial charge in [-0.3, -0.25) is 14.5 Å². The minimum atomic E-state index is -0.613. The van der Waals surface area contributed by atoms with E-state index in [-0.39, 0.29) is 21.9 Å². The Morgan fingerprint density at radius 3 is 2.54 bits per heavy atom. The molecule has 2 aliphatic carbocycles. The highest BCUT2D eigenvalue weighted by molar-refractivity contribution is 9.10. The average molecular weight is 401 g/mol. The molecular weight excluding hydrogens is 372 g/mol. The van der Waals surface area contributed by atoms with Gasteiger partial charge in [0.25, 0.3) is 0 Å². The van der Waals surface area contributed by atoms with Gasteiger partial charge in [0.1, 0.15) is 0 Å². The summed E-state index contributed by atoms with van der Waals surface area (Å²) in [5, 5.41) is 3.13. The fourth-order valence-electron chi connectivity index (χ4n) is 4.94. The third-order valence-corrected chi connectivity index (χ3v) is 8.36. The highest BCUT2D eigenvalue weighted by atomic mass is 79.9. The number of hydrogen-bond acceptors (Lipinski definition) is 4.